The predicted molar refractivity (Wildman–Crippen MR) is 147 cm³/mol. The maximum atomic E-state index is 13.4. The van der Waals surface area contributed by atoms with Crippen LogP contribution < -0.4 is 15.6 Å². The molecule has 40 heavy (non-hydrogen) atoms. The first kappa shape index (κ1) is 27.3. The maximum Gasteiger partial charge on any atom is 0.333 e. The number of aromatic nitrogens is 6. The van der Waals surface area contributed by atoms with Crippen LogP contribution in [0.4, 0.5) is 14.5 Å². The minimum atomic E-state index is -2.78. The summed E-state index contributed by atoms with van der Waals surface area (Å²) in [6.45, 7) is -1.02. The van der Waals surface area contributed by atoms with E-state index in [-0.39, 0.29) is 11.6 Å². The van der Waals surface area contributed by atoms with Crippen LogP contribution in [-0.4, -0.2) is 42.4 Å². The molecule has 1 atom stereocenters. The molecule has 0 spiro atoms. The lowest BCUT2D eigenvalue weighted by molar-refractivity contribution is -0.119. The van der Waals surface area contributed by atoms with Crippen molar-refractivity contribution in [1.82, 2.24) is 29.3 Å². The Morgan fingerprint density at radius 2 is 1.88 bits per heavy atom. The van der Waals surface area contributed by atoms with Crippen LogP contribution in [0.3, 0.4) is 0 Å². The number of methoxy groups -OCH3 is 1. The first-order valence-electron chi connectivity index (χ1n) is 11.9. The van der Waals surface area contributed by atoms with E-state index in [1.165, 1.54) is 53.1 Å². The van der Waals surface area contributed by atoms with Gasteiger partial charge < -0.3 is 10.1 Å². The Hall–Kier alpha value is -4.29. The van der Waals surface area contributed by atoms with Crippen LogP contribution in [0, 0.1) is 0 Å². The summed E-state index contributed by atoms with van der Waals surface area (Å²) in [5.74, 6) is -0.165. The molecule has 5 aromatic rings. The Kier molecular flexibility index (Phi) is 7.55. The number of carbonyl (C=O) groups excluding carboxylic acids is 1. The van der Waals surface area contributed by atoms with Crippen LogP contribution in [0.5, 0.6) is 5.75 Å². The molecule has 0 bridgehead atoms. The second-order valence-electron chi connectivity index (χ2n) is 8.72. The highest BCUT2D eigenvalue weighted by atomic mass is 35.5. The molecule has 0 saturated carbocycles. The van der Waals surface area contributed by atoms with Crippen molar-refractivity contribution in [3.63, 3.8) is 0 Å². The average molecular weight is 588 g/mol. The smallest absolute Gasteiger partial charge is 0.333 e. The van der Waals surface area contributed by atoms with Crippen LogP contribution in [-0.2, 0) is 4.79 Å². The number of rotatable bonds is 8. The first-order chi connectivity index (χ1) is 19.2. The molecule has 3 heterocycles. The number of halogens is 4. The van der Waals surface area contributed by atoms with E-state index in [0.717, 1.165) is 0 Å². The molecule has 0 fully saturated rings. The standard InChI is InChI=1S/C26H21Cl2F2N7O3/c1-3-20(25(39)31-16-5-6-19-14(8-16)11-37(33-19)26(29)30)35-12-22(40-2)18(10-24(35)38)17-9-15(27)4-7-21(17)36-13-23(28)32-34-36/h4-13,20,26H,3H2,1-2H3,(H,31,39)/t20-/m0/s1. The van der Waals surface area contributed by atoms with Gasteiger partial charge in [0.2, 0.25) is 5.91 Å². The number of amides is 1. The normalized spacial score (nSPS) is 12.2. The maximum absolute atomic E-state index is 13.4. The van der Waals surface area contributed by atoms with Crippen LogP contribution in [0.25, 0.3) is 27.7 Å². The number of nitrogens with one attached hydrogen (secondary N) is 1. The van der Waals surface area contributed by atoms with E-state index in [4.69, 9.17) is 27.9 Å². The molecule has 206 valence electrons. The van der Waals surface area contributed by atoms with Crippen molar-refractivity contribution in [1.29, 1.82) is 0 Å². The summed E-state index contributed by atoms with van der Waals surface area (Å²) in [5.41, 5.74) is 1.77. The number of nitrogens with zero attached hydrogens (tertiary/aromatic N) is 6. The van der Waals surface area contributed by atoms with Crippen molar-refractivity contribution >= 4 is 45.7 Å². The quantitative estimate of drug-likeness (QED) is 0.248. The zero-order valence-corrected chi connectivity index (χ0v) is 22.6. The van der Waals surface area contributed by atoms with Gasteiger partial charge in [0.15, 0.2) is 5.15 Å². The van der Waals surface area contributed by atoms with Gasteiger partial charge in [-0.25, -0.2) is 9.36 Å². The summed E-state index contributed by atoms with van der Waals surface area (Å²) in [5, 5.41) is 15.4. The van der Waals surface area contributed by atoms with E-state index in [2.05, 4.69) is 20.7 Å². The van der Waals surface area contributed by atoms with Gasteiger partial charge in [-0.1, -0.05) is 35.3 Å². The highest BCUT2D eigenvalue weighted by molar-refractivity contribution is 6.31. The van der Waals surface area contributed by atoms with Gasteiger partial charge >= 0.3 is 6.55 Å². The number of anilines is 1. The molecule has 5 rings (SSSR count). The second kappa shape index (κ2) is 11.1. The molecule has 0 unspecified atom stereocenters. The second-order valence-corrected chi connectivity index (χ2v) is 9.55. The van der Waals surface area contributed by atoms with E-state index < -0.39 is 24.1 Å². The molecule has 10 nitrogen and oxygen atoms in total. The summed E-state index contributed by atoms with van der Waals surface area (Å²) in [7, 11) is 1.44. The van der Waals surface area contributed by atoms with Crippen molar-refractivity contribution in [2.45, 2.75) is 25.9 Å². The molecule has 1 N–H and O–H groups in total. The van der Waals surface area contributed by atoms with Crippen LogP contribution in [0.1, 0.15) is 25.9 Å². The zero-order chi connectivity index (χ0) is 28.6. The van der Waals surface area contributed by atoms with Gasteiger partial charge in [-0.2, -0.15) is 13.9 Å². The third-order valence-corrected chi connectivity index (χ3v) is 6.65. The van der Waals surface area contributed by atoms with Gasteiger partial charge in [0.1, 0.15) is 11.8 Å². The molecule has 0 aliphatic heterocycles. The Bertz CT molecular complexity index is 1780. The van der Waals surface area contributed by atoms with Gasteiger partial charge in [0.05, 0.1) is 30.7 Å². The monoisotopic (exact) mass is 587 g/mol. The molecule has 3 aromatic heterocycles. The third-order valence-electron chi connectivity index (χ3n) is 6.24. The van der Waals surface area contributed by atoms with Gasteiger partial charge in [-0.3, -0.25) is 14.2 Å². The largest absolute Gasteiger partial charge is 0.495 e. The van der Waals surface area contributed by atoms with E-state index in [0.29, 0.717) is 48.9 Å². The van der Waals surface area contributed by atoms with Crippen molar-refractivity contribution in [2.75, 3.05) is 12.4 Å². The number of ether oxygens (including phenoxy) is 1. The average Bonchev–Trinajstić information content (AvgIpc) is 3.56. The Morgan fingerprint density at radius 3 is 2.55 bits per heavy atom. The fraction of sp³-hybridized carbons (Fsp3) is 0.192. The lowest BCUT2D eigenvalue weighted by Crippen LogP contribution is -2.32. The van der Waals surface area contributed by atoms with Crippen LogP contribution in [0.15, 0.2) is 65.8 Å². The lowest BCUT2D eigenvalue weighted by Gasteiger charge is -2.20. The molecule has 1 amide bonds. The number of pyridine rings is 1. The number of hydrogen-bond acceptors (Lipinski definition) is 6. The SMILES string of the molecule is CC[C@@H](C(=O)Nc1ccc2nn(C(F)F)cc2c1)n1cc(OC)c(-c2cc(Cl)ccc2-n2cc(Cl)nn2)cc1=O. The molecule has 14 heteroatoms. The summed E-state index contributed by atoms with van der Waals surface area (Å²) in [4.78, 5) is 26.7. The molecular weight excluding hydrogens is 567 g/mol. The third kappa shape index (κ3) is 5.27. The van der Waals surface area contributed by atoms with Crippen molar-refractivity contribution in [3.8, 4) is 22.6 Å². The minimum Gasteiger partial charge on any atom is -0.495 e. The zero-order valence-electron chi connectivity index (χ0n) is 21.1. The van der Waals surface area contributed by atoms with E-state index >= 15 is 0 Å². The van der Waals surface area contributed by atoms with Crippen LogP contribution >= 0.6 is 23.2 Å². The Morgan fingerprint density at radius 1 is 1.07 bits per heavy atom. The van der Waals surface area contributed by atoms with E-state index in [1.807, 2.05) is 0 Å². The molecular formula is C26H21Cl2F2N7O3. The minimum absolute atomic E-state index is 0.182. The number of carbonyl (C=O) groups is 1. The predicted octanol–water partition coefficient (Wildman–Crippen LogP) is 5.75. The molecule has 2 aromatic carbocycles. The topological polar surface area (TPSA) is 109 Å². The van der Waals surface area contributed by atoms with Crippen molar-refractivity contribution in [2.24, 2.45) is 0 Å². The highest BCUT2D eigenvalue weighted by Crippen LogP contribution is 2.35. The Labute approximate surface area is 235 Å². The number of fused-ring (bicyclic) bond motifs is 1. The number of hydrogen-bond donors (Lipinski definition) is 1. The van der Waals surface area contributed by atoms with E-state index in [1.54, 1.807) is 31.2 Å². The lowest BCUT2D eigenvalue weighted by atomic mass is 10.0. The molecule has 0 radical (unpaired) electrons. The Balaban J connectivity index is 1.50. The van der Waals surface area contributed by atoms with Gasteiger partial charge in [0.25, 0.3) is 5.56 Å². The highest BCUT2D eigenvalue weighted by Gasteiger charge is 2.23. The van der Waals surface area contributed by atoms with Crippen molar-refractivity contribution < 1.29 is 18.3 Å². The van der Waals surface area contributed by atoms with E-state index in [9.17, 15) is 18.4 Å². The fourth-order valence-electron chi connectivity index (χ4n) is 4.39. The summed E-state index contributed by atoms with van der Waals surface area (Å²) in [6, 6.07) is 10.1. The molecule has 0 aliphatic rings. The van der Waals surface area contributed by atoms with Crippen molar-refractivity contribution in [3.05, 3.63) is 81.6 Å². The first-order valence-corrected chi connectivity index (χ1v) is 12.7. The summed E-state index contributed by atoms with van der Waals surface area (Å²) < 4.78 is 34.9. The fourth-order valence-corrected chi connectivity index (χ4v) is 4.69. The number of benzene rings is 2. The number of alkyl halides is 2. The molecule has 0 aliphatic carbocycles. The van der Waals surface area contributed by atoms with Gasteiger partial charge in [-0.05, 0) is 42.8 Å². The summed E-state index contributed by atoms with van der Waals surface area (Å²) >= 11 is 12.2. The van der Waals surface area contributed by atoms with Gasteiger partial charge in [0, 0.05) is 39.5 Å². The molecule has 0 saturated heterocycles. The van der Waals surface area contributed by atoms with Crippen LogP contribution in [0.2, 0.25) is 10.2 Å². The summed E-state index contributed by atoms with van der Waals surface area (Å²) in [6.07, 6.45) is 4.44. The van der Waals surface area contributed by atoms with Gasteiger partial charge in [-0.15, -0.1) is 5.10 Å².